The van der Waals surface area contributed by atoms with Crippen LogP contribution >= 0.6 is 0 Å². The quantitative estimate of drug-likeness (QED) is 0.892. The van der Waals surface area contributed by atoms with Gasteiger partial charge in [0.05, 0.1) is 6.54 Å². The SMILES string of the molecule is CC(F)c1c(F)cccc1-c1noc(CN)n1. The van der Waals surface area contributed by atoms with Crippen LogP contribution in [0.4, 0.5) is 8.78 Å². The van der Waals surface area contributed by atoms with Gasteiger partial charge in [0.2, 0.25) is 11.7 Å². The molecule has 17 heavy (non-hydrogen) atoms. The Bertz CT molecular complexity index is 525. The van der Waals surface area contributed by atoms with Gasteiger partial charge in [-0.05, 0) is 13.0 Å². The van der Waals surface area contributed by atoms with Crippen molar-refractivity contribution in [3.05, 3.63) is 35.5 Å². The standard InChI is InChI=1S/C11H11F2N3O/c1-6(12)10-7(3-2-4-8(10)13)11-15-9(5-14)17-16-11/h2-4,6H,5,14H2,1H3. The van der Waals surface area contributed by atoms with E-state index in [2.05, 4.69) is 10.1 Å². The first-order valence-electron chi connectivity index (χ1n) is 5.09. The monoisotopic (exact) mass is 239 g/mol. The molecule has 2 N–H and O–H groups in total. The van der Waals surface area contributed by atoms with Gasteiger partial charge in [0.1, 0.15) is 12.0 Å². The minimum atomic E-state index is -1.45. The van der Waals surface area contributed by atoms with Crippen molar-refractivity contribution in [3.8, 4) is 11.4 Å². The van der Waals surface area contributed by atoms with Gasteiger partial charge in [-0.2, -0.15) is 4.98 Å². The van der Waals surface area contributed by atoms with Gasteiger partial charge in [0.15, 0.2) is 0 Å². The van der Waals surface area contributed by atoms with Crippen molar-refractivity contribution in [2.24, 2.45) is 5.73 Å². The first kappa shape index (κ1) is 11.7. The number of rotatable bonds is 3. The van der Waals surface area contributed by atoms with E-state index in [1.165, 1.54) is 19.1 Å². The summed E-state index contributed by atoms with van der Waals surface area (Å²) in [5, 5.41) is 3.64. The summed E-state index contributed by atoms with van der Waals surface area (Å²) in [5.41, 5.74) is 5.53. The maximum absolute atomic E-state index is 13.5. The van der Waals surface area contributed by atoms with E-state index in [-0.39, 0.29) is 29.4 Å². The van der Waals surface area contributed by atoms with E-state index >= 15 is 0 Å². The molecule has 1 unspecified atom stereocenters. The zero-order chi connectivity index (χ0) is 12.4. The van der Waals surface area contributed by atoms with Crippen LogP contribution in [0.5, 0.6) is 0 Å². The lowest BCUT2D eigenvalue weighted by atomic mass is 10.0. The molecular weight excluding hydrogens is 228 g/mol. The van der Waals surface area contributed by atoms with E-state index in [1.54, 1.807) is 6.07 Å². The highest BCUT2D eigenvalue weighted by Gasteiger charge is 2.19. The topological polar surface area (TPSA) is 64.9 Å². The molecule has 0 aliphatic carbocycles. The Morgan fingerprint density at radius 1 is 1.47 bits per heavy atom. The second kappa shape index (κ2) is 4.58. The van der Waals surface area contributed by atoms with Gasteiger partial charge >= 0.3 is 0 Å². The first-order chi connectivity index (χ1) is 8.13. The zero-order valence-corrected chi connectivity index (χ0v) is 9.15. The van der Waals surface area contributed by atoms with Gasteiger partial charge in [-0.3, -0.25) is 0 Å². The van der Waals surface area contributed by atoms with Crippen molar-refractivity contribution in [3.63, 3.8) is 0 Å². The number of nitrogens with two attached hydrogens (primary N) is 1. The molecule has 1 atom stereocenters. The molecule has 0 radical (unpaired) electrons. The lowest BCUT2D eigenvalue weighted by Gasteiger charge is -2.08. The average Bonchev–Trinajstić information content (AvgIpc) is 2.76. The molecule has 0 fully saturated rings. The predicted octanol–water partition coefficient (Wildman–Crippen LogP) is 2.36. The fourth-order valence-corrected chi connectivity index (χ4v) is 1.58. The zero-order valence-electron chi connectivity index (χ0n) is 9.15. The fourth-order valence-electron chi connectivity index (χ4n) is 1.58. The highest BCUT2D eigenvalue weighted by atomic mass is 19.1. The van der Waals surface area contributed by atoms with E-state index in [1.807, 2.05) is 0 Å². The van der Waals surface area contributed by atoms with Crippen LogP contribution in [-0.4, -0.2) is 10.1 Å². The number of hydrogen-bond donors (Lipinski definition) is 1. The van der Waals surface area contributed by atoms with Gasteiger partial charge in [0, 0.05) is 11.1 Å². The van der Waals surface area contributed by atoms with E-state index in [9.17, 15) is 8.78 Å². The maximum Gasteiger partial charge on any atom is 0.240 e. The molecular formula is C11H11F2N3O. The van der Waals surface area contributed by atoms with Crippen molar-refractivity contribution in [1.82, 2.24) is 10.1 Å². The molecule has 1 aromatic heterocycles. The van der Waals surface area contributed by atoms with Gasteiger partial charge in [0.25, 0.3) is 0 Å². The number of hydrogen-bond acceptors (Lipinski definition) is 4. The van der Waals surface area contributed by atoms with E-state index < -0.39 is 12.0 Å². The van der Waals surface area contributed by atoms with Gasteiger partial charge in [-0.15, -0.1) is 0 Å². The van der Waals surface area contributed by atoms with Crippen LogP contribution in [0.25, 0.3) is 11.4 Å². The number of benzene rings is 1. The summed E-state index contributed by atoms with van der Waals surface area (Å²) in [6.07, 6.45) is -1.45. The highest BCUT2D eigenvalue weighted by Crippen LogP contribution is 2.30. The van der Waals surface area contributed by atoms with Gasteiger partial charge < -0.3 is 10.3 Å². The molecule has 1 aromatic carbocycles. The van der Waals surface area contributed by atoms with Crippen LogP contribution in [0, 0.1) is 5.82 Å². The van der Waals surface area contributed by atoms with Crippen LogP contribution in [0.15, 0.2) is 22.7 Å². The molecule has 0 amide bonds. The third-order valence-electron chi connectivity index (χ3n) is 2.33. The predicted molar refractivity (Wildman–Crippen MR) is 57.1 cm³/mol. The summed E-state index contributed by atoms with van der Waals surface area (Å²) in [6, 6.07) is 4.20. The third kappa shape index (κ3) is 2.16. The second-order valence-corrected chi connectivity index (χ2v) is 3.53. The summed E-state index contributed by atoms with van der Waals surface area (Å²) in [7, 11) is 0. The molecule has 1 heterocycles. The summed E-state index contributed by atoms with van der Waals surface area (Å²) < 4.78 is 31.7. The Morgan fingerprint density at radius 2 is 2.24 bits per heavy atom. The van der Waals surface area contributed by atoms with Crippen LogP contribution in [0.3, 0.4) is 0 Å². The molecule has 2 aromatic rings. The third-order valence-corrected chi connectivity index (χ3v) is 2.33. The normalized spacial score (nSPS) is 12.7. The molecule has 90 valence electrons. The molecule has 0 saturated heterocycles. The lowest BCUT2D eigenvalue weighted by molar-refractivity contribution is 0.361. The molecule has 0 saturated carbocycles. The van der Waals surface area contributed by atoms with Crippen LogP contribution in [0.2, 0.25) is 0 Å². The van der Waals surface area contributed by atoms with E-state index in [0.717, 1.165) is 0 Å². The van der Waals surface area contributed by atoms with Crippen molar-refractivity contribution < 1.29 is 13.3 Å². The van der Waals surface area contributed by atoms with Crippen LogP contribution in [0.1, 0.15) is 24.5 Å². The number of alkyl halides is 1. The van der Waals surface area contributed by atoms with Crippen LogP contribution < -0.4 is 5.73 Å². The van der Waals surface area contributed by atoms with Gasteiger partial charge in [-0.1, -0.05) is 17.3 Å². The largest absolute Gasteiger partial charge is 0.338 e. The molecule has 0 spiro atoms. The first-order valence-corrected chi connectivity index (χ1v) is 5.09. The molecule has 4 nitrogen and oxygen atoms in total. The van der Waals surface area contributed by atoms with Gasteiger partial charge in [-0.25, -0.2) is 8.78 Å². The summed E-state index contributed by atoms with van der Waals surface area (Å²) in [6.45, 7) is 1.34. The molecule has 6 heteroatoms. The van der Waals surface area contributed by atoms with Crippen molar-refractivity contribution in [1.29, 1.82) is 0 Å². The Morgan fingerprint density at radius 3 is 2.82 bits per heavy atom. The summed E-state index contributed by atoms with van der Waals surface area (Å²) >= 11 is 0. The summed E-state index contributed by atoms with van der Waals surface area (Å²) in [5.74, 6) is -0.261. The van der Waals surface area contributed by atoms with Crippen molar-refractivity contribution >= 4 is 0 Å². The minimum absolute atomic E-state index is 0.0723. The van der Waals surface area contributed by atoms with E-state index in [4.69, 9.17) is 10.3 Å². The fraction of sp³-hybridized carbons (Fsp3) is 0.273. The number of aromatic nitrogens is 2. The van der Waals surface area contributed by atoms with Crippen molar-refractivity contribution in [2.45, 2.75) is 19.6 Å². The molecule has 0 aliphatic rings. The smallest absolute Gasteiger partial charge is 0.240 e. The van der Waals surface area contributed by atoms with Crippen LogP contribution in [-0.2, 0) is 6.54 Å². The Labute approximate surface area is 96.4 Å². The molecule has 0 bridgehead atoms. The second-order valence-electron chi connectivity index (χ2n) is 3.53. The average molecular weight is 239 g/mol. The Kier molecular flexibility index (Phi) is 3.14. The van der Waals surface area contributed by atoms with Crippen molar-refractivity contribution in [2.75, 3.05) is 0 Å². The summed E-state index contributed by atoms with van der Waals surface area (Å²) in [4.78, 5) is 3.95. The Balaban J connectivity index is 2.54. The molecule has 2 rings (SSSR count). The minimum Gasteiger partial charge on any atom is -0.338 e. The maximum atomic E-state index is 13.5. The van der Waals surface area contributed by atoms with E-state index in [0.29, 0.717) is 0 Å². The molecule has 0 aliphatic heterocycles. The number of nitrogens with zero attached hydrogens (tertiary/aromatic N) is 2. The lowest BCUT2D eigenvalue weighted by Crippen LogP contribution is -1.98. The highest BCUT2D eigenvalue weighted by molar-refractivity contribution is 5.60. The number of halogens is 2. The Hall–Kier alpha value is -1.82.